The molecule has 0 bridgehead atoms. The lowest BCUT2D eigenvalue weighted by Gasteiger charge is -2.01. The van der Waals surface area contributed by atoms with Gasteiger partial charge in [0.15, 0.2) is 0 Å². The Kier molecular flexibility index (Phi) is 5.25. The maximum atomic E-state index is 12.9. The van der Waals surface area contributed by atoms with Crippen molar-refractivity contribution in [2.45, 2.75) is 0 Å². The molecule has 0 N–H and O–H groups in total. The quantitative estimate of drug-likeness (QED) is 0.250. The maximum Gasteiger partial charge on any atom is 0.345 e. The van der Waals surface area contributed by atoms with Crippen molar-refractivity contribution in [1.82, 2.24) is 14.8 Å². The summed E-state index contributed by atoms with van der Waals surface area (Å²) in [6, 6.07) is 23.2. The van der Waals surface area contributed by atoms with Crippen LogP contribution in [0.4, 0.5) is 0 Å². The lowest BCUT2D eigenvalue weighted by atomic mass is 10.1. The minimum atomic E-state index is -0.416. The van der Waals surface area contributed by atoms with Crippen LogP contribution in [0.15, 0.2) is 99.0 Å². The van der Waals surface area contributed by atoms with Crippen molar-refractivity contribution >= 4 is 45.8 Å². The minimum absolute atomic E-state index is 0.416. The van der Waals surface area contributed by atoms with Gasteiger partial charge in [0.1, 0.15) is 16.3 Å². The van der Waals surface area contributed by atoms with Crippen LogP contribution in [0.2, 0.25) is 0 Å². The molecule has 0 unspecified atom stereocenters. The smallest absolute Gasteiger partial charge is 0.345 e. The third-order valence-electron chi connectivity index (χ3n) is 5.36. The van der Waals surface area contributed by atoms with Crippen LogP contribution >= 0.6 is 22.7 Å². The Balaban J connectivity index is 1.45. The fourth-order valence-electron chi connectivity index (χ4n) is 3.72. The molecular weight excluding hydrogens is 462 g/mol. The van der Waals surface area contributed by atoms with Gasteiger partial charge in [0.2, 0.25) is 0 Å². The molecule has 4 aromatic heterocycles. The van der Waals surface area contributed by atoms with E-state index in [2.05, 4.69) is 11.4 Å². The SMILES string of the molecule is O=c1oc2ccccc2cc1-c1nn(-c2ccccc2)cc1/C=C/c1nc(-c2cccs2)cs1. The van der Waals surface area contributed by atoms with Crippen LogP contribution in [0.5, 0.6) is 0 Å². The largest absolute Gasteiger partial charge is 0.422 e. The van der Waals surface area contributed by atoms with E-state index in [0.717, 1.165) is 32.2 Å². The normalized spacial score (nSPS) is 11.5. The topological polar surface area (TPSA) is 60.9 Å². The second-order valence-electron chi connectivity index (χ2n) is 7.58. The molecule has 6 aromatic rings. The highest BCUT2D eigenvalue weighted by Crippen LogP contribution is 2.29. The predicted octanol–water partition coefficient (Wildman–Crippen LogP) is 7.00. The number of rotatable bonds is 5. The first-order valence-corrected chi connectivity index (χ1v) is 12.4. The van der Waals surface area contributed by atoms with E-state index in [1.807, 2.05) is 84.4 Å². The van der Waals surface area contributed by atoms with Gasteiger partial charge in [0.05, 0.1) is 21.8 Å². The summed E-state index contributed by atoms with van der Waals surface area (Å²) in [6.07, 6.45) is 5.83. The van der Waals surface area contributed by atoms with Crippen LogP contribution in [0.3, 0.4) is 0 Å². The second-order valence-corrected chi connectivity index (χ2v) is 9.42. The van der Waals surface area contributed by atoms with Gasteiger partial charge >= 0.3 is 5.63 Å². The van der Waals surface area contributed by atoms with Crippen molar-refractivity contribution in [3.8, 4) is 27.5 Å². The monoisotopic (exact) mass is 479 g/mol. The zero-order valence-electron chi connectivity index (χ0n) is 17.8. The summed E-state index contributed by atoms with van der Waals surface area (Å²) in [5.74, 6) is 0. The molecule has 0 aliphatic heterocycles. The fraction of sp³-hybridized carbons (Fsp3) is 0. The van der Waals surface area contributed by atoms with E-state index in [0.29, 0.717) is 16.8 Å². The molecule has 0 atom stereocenters. The second kappa shape index (κ2) is 8.70. The third-order valence-corrected chi connectivity index (χ3v) is 7.06. The number of thiazole rings is 1. The number of para-hydroxylation sites is 2. The number of benzene rings is 2. The molecule has 0 fully saturated rings. The van der Waals surface area contributed by atoms with E-state index in [9.17, 15) is 4.79 Å². The van der Waals surface area contributed by atoms with Crippen molar-refractivity contribution in [2.75, 3.05) is 0 Å². The first-order chi connectivity index (χ1) is 16.7. The molecule has 0 aliphatic rings. The van der Waals surface area contributed by atoms with Crippen molar-refractivity contribution in [2.24, 2.45) is 0 Å². The number of hydrogen-bond acceptors (Lipinski definition) is 6. The van der Waals surface area contributed by atoms with E-state index in [4.69, 9.17) is 14.5 Å². The third kappa shape index (κ3) is 3.91. The molecule has 6 rings (SSSR count). The number of aromatic nitrogens is 3. The van der Waals surface area contributed by atoms with Crippen LogP contribution in [0, 0.1) is 0 Å². The maximum absolute atomic E-state index is 12.9. The summed E-state index contributed by atoms with van der Waals surface area (Å²) >= 11 is 3.25. The zero-order chi connectivity index (χ0) is 22.9. The summed E-state index contributed by atoms with van der Waals surface area (Å²) in [6.45, 7) is 0. The lowest BCUT2D eigenvalue weighted by molar-refractivity contribution is 0.563. The molecule has 7 heteroatoms. The van der Waals surface area contributed by atoms with Gasteiger partial charge in [0, 0.05) is 22.5 Å². The van der Waals surface area contributed by atoms with Crippen molar-refractivity contribution in [3.05, 3.63) is 111 Å². The Bertz CT molecular complexity index is 1680. The Morgan fingerprint density at radius 3 is 2.62 bits per heavy atom. The zero-order valence-corrected chi connectivity index (χ0v) is 19.4. The van der Waals surface area contributed by atoms with E-state index < -0.39 is 5.63 Å². The van der Waals surface area contributed by atoms with Gasteiger partial charge in [-0.15, -0.1) is 22.7 Å². The average Bonchev–Trinajstić information content (AvgIpc) is 3.64. The van der Waals surface area contributed by atoms with Crippen LogP contribution in [0.1, 0.15) is 10.6 Å². The number of nitrogens with zero attached hydrogens (tertiary/aromatic N) is 3. The van der Waals surface area contributed by atoms with E-state index in [1.54, 1.807) is 33.4 Å². The van der Waals surface area contributed by atoms with E-state index >= 15 is 0 Å². The molecule has 164 valence electrons. The molecule has 0 spiro atoms. The van der Waals surface area contributed by atoms with E-state index in [-0.39, 0.29) is 0 Å². The van der Waals surface area contributed by atoms with Gasteiger partial charge in [-0.2, -0.15) is 5.10 Å². The highest BCUT2D eigenvalue weighted by atomic mass is 32.1. The fourth-order valence-corrected chi connectivity index (χ4v) is 5.19. The summed E-state index contributed by atoms with van der Waals surface area (Å²) in [4.78, 5) is 18.8. The Hall–Kier alpha value is -4.07. The van der Waals surface area contributed by atoms with Crippen LogP contribution in [-0.2, 0) is 0 Å². The van der Waals surface area contributed by atoms with E-state index in [1.165, 1.54) is 0 Å². The van der Waals surface area contributed by atoms with Crippen molar-refractivity contribution in [3.63, 3.8) is 0 Å². The summed E-state index contributed by atoms with van der Waals surface area (Å²) < 4.78 is 7.37. The lowest BCUT2D eigenvalue weighted by Crippen LogP contribution is -2.04. The van der Waals surface area contributed by atoms with Gasteiger partial charge < -0.3 is 4.42 Å². The van der Waals surface area contributed by atoms with Crippen LogP contribution < -0.4 is 5.63 Å². The van der Waals surface area contributed by atoms with Crippen LogP contribution in [0.25, 0.3) is 50.6 Å². The van der Waals surface area contributed by atoms with Gasteiger partial charge in [-0.05, 0) is 47.9 Å². The molecule has 0 radical (unpaired) electrons. The van der Waals surface area contributed by atoms with Gasteiger partial charge in [-0.1, -0.05) is 42.5 Å². The molecule has 5 nitrogen and oxygen atoms in total. The minimum Gasteiger partial charge on any atom is -0.422 e. The molecule has 4 heterocycles. The summed E-state index contributed by atoms with van der Waals surface area (Å²) in [5.41, 5.74) is 3.80. The van der Waals surface area contributed by atoms with Crippen molar-refractivity contribution in [1.29, 1.82) is 0 Å². The van der Waals surface area contributed by atoms with Crippen molar-refractivity contribution < 1.29 is 4.42 Å². The van der Waals surface area contributed by atoms with Gasteiger partial charge in [-0.25, -0.2) is 14.5 Å². The molecule has 0 saturated carbocycles. The molecule has 0 saturated heterocycles. The molecule has 2 aromatic carbocycles. The van der Waals surface area contributed by atoms with Crippen LogP contribution in [-0.4, -0.2) is 14.8 Å². The highest BCUT2D eigenvalue weighted by Gasteiger charge is 2.16. The van der Waals surface area contributed by atoms with Gasteiger partial charge in [-0.3, -0.25) is 0 Å². The molecule has 34 heavy (non-hydrogen) atoms. The first-order valence-electron chi connectivity index (χ1n) is 10.6. The Morgan fingerprint density at radius 1 is 0.912 bits per heavy atom. The average molecular weight is 480 g/mol. The Morgan fingerprint density at radius 2 is 1.76 bits per heavy atom. The predicted molar refractivity (Wildman–Crippen MR) is 139 cm³/mol. The number of fused-ring (bicyclic) bond motifs is 1. The summed E-state index contributed by atoms with van der Waals surface area (Å²) in [5, 5.41) is 10.6. The standard InChI is InChI=1S/C27H17N3O2S2/c31-27-21(15-18-7-4-5-10-23(18)32-27)26-19(16-30(29-26)20-8-2-1-3-9-20)12-13-25-28-22(17-34-25)24-11-6-14-33-24/h1-17H/b13-12+. The van der Waals surface area contributed by atoms with Gasteiger partial charge in [0.25, 0.3) is 0 Å². The number of hydrogen-bond donors (Lipinski definition) is 0. The number of thiophene rings is 1. The first kappa shape index (κ1) is 20.5. The summed E-state index contributed by atoms with van der Waals surface area (Å²) in [7, 11) is 0. The molecule has 0 aliphatic carbocycles. The highest BCUT2D eigenvalue weighted by molar-refractivity contribution is 7.14. The molecule has 0 amide bonds. The molecular formula is C27H17N3O2S2. The Labute approximate surface area is 202 Å².